The van der Waals surface area contributed by atoms with Gasteiger partial charge in [0, 0.05) is 24.4 Å². The Morgan fingerprint density at radius 3 is 2.63 bits per heavy atom. The minimum Gasteiger partial charge on any atom is -0.316 e. The van der Waals surface area contributed by atoms with Gasteiger partial charge in [-0.05, 0) is 26.0 Å². The molecule has 19 heavy (non-hydrogen) atoms. The van der Waals surface area contributed by atoms with Gasteiger partial charge in [-0.2, -0.15) is 5.10 Å². The van der Waals surface area contributed by atoms with Gasteiger partial charge in [0.15, 0.2) is 0 Å². The first-order valence-electron chi connectivity index (χ1n) is 7.32. The largest absolute Gasteiger partial charge is 0.316 e. The molecule has 0 radical (unpaired) electrons. The van der Waals surface area contributed by atoms with Crippen LogP contribution in [-0.2, 0) is 13.0 Å². The SMILES string of the molecule is CCC(C)C(Cc1nn(CC)c2ccccc12)NC. The number of hydrogen-bond donors (Lipinski definition) is 1. The van der Waals surface area contributed by atoms with E-state index in [9.17, 15) is 0 Å². The molecule has 3 heteroatoms. The standard InChI is InChI=1S/C16H25N3/c1-5-12(3)14(17-4)11-15-13-9-7-8-10-16(13)19(6-2)18-15/h7-10,12,14,17H,5-6,11H2,1-4H3. The number of likely N-dealkylation sites (N-methyl/N-ethyl adjacent to an activating group) is 1. The second-order valence-corrected chi connectivity index (χ2v) is 5.26. The molecule has 2 rings (SSSR count). The predicted octanol–water partition coefficient (Wildman–Crippen LogP) is 3.23. The highest BCUT2D eigenvalue weighted by Crippen LogP contribution is 2.21. The Morgan fingerprint density at radius 1 is 1.26 bits per heavy atom. The van der Waals surface area contributed by atoms with Crippen LogP contribution in [0.2, 0.25) is 0 Å². The summed E-state index contributed by atoms with van der Waals surface area (Å²) in [5.74, 6) is 0.663. The minimum absolute atomic E-state index is 0.494. The van der Waals surface area contributed by atoms with Crippen LogP contribution in [0.1, 0.15) is 32.9 Å². The van der Waals surface area contributed by atoms with Gasteiger partial charge >= 0.3 is 0 Å². The van der Waals surface area contributed by atoms with E-state index in [1.165, 1.54) is 23.0 Å². The van der Waals surface area contributed by atoms with Crippen molar-refractivity contribution in [3.63, 3.8) is 0 Å². The summed E-state index contributed by atoms with van der Waals surface area (Å²) in [6.07, 6.45) is 2.19. The molecule has 1 aromatic carbocycles. The first-order valence-corrected chi connectivity index (χ1v) is 7.32. The smallest absolute Gasteiger partial charge is 0.0718 e. The quantitative estimate of drug-likeness (QED) is 0.863. The summed E-state index contributed by atoms with van der Waals surface area (Å²) in [6, 6.07) is 9.03. The molecule has 0 bridgehead atoms. The third-order valence-electron chi connectivity index (χ3n) is 4.15. The average Bonchev–Trinajstić information content (AvgIpc) is 2.82. The van der Waals surface area contributed by atoms with E-state index in [2.05, 4.69) is 62.1 Å². The summed E-state index contributed by atoms with van der Waals surface area (Å²) >= 11 is 0. The first-order chi connectivity index (χ1) is 9.21. The number of benzene rings is 1. The van der Waals surface area contributed by atoms with Crippen molar-refractivity contribution in [2.75, 3.05) is 7.05 Å². The van der Waals surface area contributed by atoms with E-state index in [0.717, 1.165) is 13.0 Å². The van der Waals surface area contributed by atoms with Gasteiger partial charge in [-0.25, -0.2) is 0 Å². The average molecular weight is 259 g/mol. The van der Waals surface area contributed by atoms with Crippen LogP contribution in [0.4, 0.5) is 0 Å². The molecule has 2 atom stereocenters. The predicted molar refractivity (Wildman–Crippen MR) is 81.4 cm³/mol. The highest BCUT2D eigenvalue weighted by atomic mass is 15.3. The lowest BCUT2D eigenvalue weighted by atomic mass is 9.94. The van der Waals surface area contributed by atoms with Gasteiger partial charge < -0.3 is 5.32 Å². The van der Waals surface area contributed by atoms with Gasteiger partial charge in [0.2, 0.25) is 0 Å². The van der Waals surface area contributed by atoms with Crippen LogP contribution in [0, 0.1) is 5.92 Å². The van der Waals surface area contributed by atoms with Crippen LogP contribution in [0.5, 0.6) is 0 Å². The maximum Gasteiger partial charge on any atom is 0.0718 e. The van der Waals surface area contributed by atoms with Crippen LogP contribution in [0.25, 0.3) is 10.9 Å². The number of nitrogens with zero attached hydrogens (tertiary/aromatic N) is 2. The number of nitrogens with one attached hydrogen (secondary N) is 1. The number of rotatable bonds is 6. The minimum atomic E-state index is 0.494. The van der Waals surface area contributed by atoms with Crippen LogP contribution < -0.4 is 5.32 Å². The van der Waals surface area contributed by atoms with Crippen molar-refractivity contribution in [1.82, 2.24) is 15.1 Å². The van der Waals surface area contributed by atoms with E-state index >= 15 is 0 Å². The molecule has 0 saturated carbocycles. The molecule has 3 nitrogen and oxygen atoms in total. The van der Waals surface area contributed by atoms with E-state index in [4.69, 9.17) is 5.10 Å². The molecule has 0 saturated heterocycles. The van der Waals surface area contributed by atoms with Crippen LogP contribution in [0.15, 0.2) is 24.3 Å². The highest BCUT2D eigenvalue weighted by Gasteiger charge is 2.18. The van der Waals surface area contributed by atoms with Crippen molar-refractivity contribution in [2.24, 2.45) is 5.92 Å². The monoisotopic (exact) mass is 259 g/mol. The fourth-order valence-electron chi connectivity index (χ4n) is 2.67. The molecule has 1 aromatic heterocycles. The Bertz CT molecular complexity index is 530. The number of fused-ring (bicyclic) bond motifs is 1. The second kappa shape index (κ2) is 6.20. The summed E-state index contributed by atoms with van der Waals surface area (Å²) in [5, 5.41) is 9.53. The second-order valence-electron chi connectivity index (χ2n) is 5.26. The molecule has 0 amide bonds. The van der Waals surface area contributed by atoms with E-state index in [-0.39, 0.29) is 0 Å². The number of hydrogen-bond acceptors (Lipinski definition) is 2. The Kier molecular flexibility index (Phi) is 4.59. The van der Waals surface area contributed by atoms with Crippen molar-refractivity contribution >= 4 is 10.9 Å². The lowest BCUT2D eigenvalue weighted by Crippen LogP contribution is -2.34. The summed E-state index contributed by atoms with van der Waals surface area (Å²) < 4.78 is 2.11. The fourth-order valence-corrected chi connectivity index (χ4v) is 2.67. The molecule has 2 aromatic rings. The Labute approximate surface area is 116 Å². The summed E-state index contributed by atoms with van der Waals surface area (Å²) in [4.78, 5) is 0. The topological polar surface area (TPSA) is 29.9 Å². The van der Waals surface area contributed by atoms with E-state index in [1.54, 1.807) is 0 Å². The lowest BCUT2D eigenvalue weighted by Gasteiger charge is -2.21. The fraction of sp³-hybridized carbons (Fsp3) is 0.562. The maximum atomic E-state index is 4.79. The molecule has 0 spiro atoms. The van der Waals surface area contributed by atoms with E-state index < -0.39 is 0 Å². The normalized spacial score (nSPS) is 14.7. The van der Waals surface area contributed by atoms with Crippen molar-refractivity contribution in [1.29, 1.82) is 0 Å². The van der Waals surface area contributed by atoms with E-state index in [1.807, 2.05) is 0 Å². The van der Waals surface area contributed by atoms with Crippen molar-refractivity contribution in [3.05, 3.63) is 30.0 Å². The molecule has 1 N–H and O–H groups in total. The van der Waals surface area contributed by atoms with Crippen LogP contribution in [0.3, 0.4) is 0 Å². The zero-order valence-electron chi connectivity index (χ0n) is 12.5. The van der Waals surface area contributed by atoms with Crippen molar-refractivity contribution < 1.29 is 0 Å². The summed E-state index contributed by atoms with van der Waals surface area (Å²) in [6.45, 7) is 7.62. The molecule has 104 valence electrons. The molecular formula is C16H25N3. The van der Waals surface area contributed by atoms with Gasteiger partial charge in [-0.15, -0.1) is 0 Å². The Hall–Kier alpha value is -1.35. The third kappa shape index (κ3) is 2.81. The first kappa shape index (κ1) is 14.1. The van der Waals surface area contributed by atoms with Crippen LogP contribution in [-0.4, -0.2) is 22.9 Å². The van der Waals surface area contributed by atoms with E-state index in [0.29, 0.717) is 12.0 Å². The molecule has 0 aliphatic carbocycles. The summed E-state index contributed by atoms with van der Waals surface area (Å²) in [5.41, 5.74) is 2.47. The number of para-hydroxylation sites is 1. The Morgan fingerprint density at radius 2 is 2.00 bits per heavy atom. The van der Waals surface area contributed by atoms with Gasteiger partial charge in [0.05, 0.1) is 11.2 Å². The van der Waals surface area contributed by atoms with Gasteiger partial charge in [-0.1, -0.05) is 38.5 Å². The van der Waals surface area contributed by atoms with Crippen LogP contribution >= 0.6 is 0 Å². The number of aryl methyl sites for hydroxylation is 1. The molecule has 2 unspecified atom stereocenters. The van der Waals surface area contributed by atoms with Crippen molar-refractivity contribution in [3.8, 4) is 0 Å². The third-order valence-corrected chi connectivity index (χ3v) is 4.15. The lowest BCUT2D eigenvalue weighted by molar-refractivity contribution is 0.383. The molecule has 0 aliphatic rings. The Balaban J connectivity index is 2.34. The maximum absolute atomic E-state index is 4.79. The highest BCUT2D eigenvalue weighted by molar-refractivity contribution is 5.82. The molecular weight excluding hydrogens is 234 g/mol. The van der Waals surface area contributed by atoms with Gasteiger partial charge in [-0.3, -0.25) is 4.68 Å². The summed E-state index contributed by atoms with van der Waals surface area (Å²) in [7, 11) is 2.05. The molecule has 0 aliphatic heterocycles. The number of aromatic nitrogens is 2. The molecule has 1 heterocycles. The van der Waals surface area contributed by atoms with Gasteiger partial charge in [0.25, 0.3) is 0 Å². The van der Waals surface area contributed by atoms with Crippen molar-refractivity contribution in [2.45, 2.75) is 46.2 Å². The zero-order valence-corrected chi connectivity index (χ0v) is 12.5. The van der Waals surface area contributed by atoms with Gasteiger partial charge in [0.1, 0.15) is 0 Å². The zero-order chi connectivity index (χ0) is 13.8. The molecule has 0 fully saturated rings.